The molecule has 0 saturated heterocycles. The predicted molar refractivity (Wildman–Crippen MR) is 93.5 cm³/mol. The highest BCUT2D eigenvalue weighted by Gasteiger charge is 2.11. The fourth-order valence-electron chi connectivity index (χ4n) is 2.04. The number of nitrogens with zero attached hydrogens (tertiary/aromatic N) is 2. The molecule has 1 heterocycles. The molecule has 0 radical (unpaired) electrons. The highest BCUT2D eigenvalue weighted by atomic mass is 35.5. The molecule has 8 heteroatoms. The van der Waals surface area contributed by atoms with Crippen molar-refractivity contribution in [2.45, 2.75) is 32.6 Å². The van der Waals surface area contributed by atoms with E-state index in [1.54, 1.807) is 24.3 Å². The van der Waals surface area contributed by atoms with E-state index in [9.17, 15) is 9.59 Å². The first-order chi connectivity index (χ1) is 12.0. The zero-order valence-corrected chi connectivity index (χ0v) is 15.0. The molecule has 2 N–H and O–H groups in total. The van der Waals surface area contributed by atoms with Crippen LogP contribution in [0.2, 0.25) is 5.02 Å². The Morgan fingerprint density at radius 1 is 1.24 bits per heavy atom. The second-order valence-electron chi connectivity index (χ2n) is 5.82. The third-order valence-corrected chi connectivity index (χ3v) is 3.75. The number of amides is 2. The summed E-state index contributed by atoms with van der Waals surface area (Å²) in [5.74, 6) is 0.812. The molecule has 0 saturated carbocycles. The van der Waals surface area contributed by atoms with Crippen LogP contribution in [0, 0.1) is 0 Å². The third kappa shape index (κ3) is 5.86. The minimum atomic E-state index is -0.382. The lowest BCUT2D eigenvalue weighted by Crippen LogP contribution is -2.37. The number of halogens is 1. The van der Waals surface area contributed by atoms with E-state index in [2.05, 4.69) is 20.8 Å². The van der Waals surface area contributed by atoms with E-state index < -0.39 is 0 Å². The Balaban J connectivity index is 1.65. The number of rotatable bonds is 8. The van der Waals surface area contributed by atoms with Gasteiger partial charge in [0.15, 0.2) is 5.82 Å². The number of hydrogen-bond donors (Lipinski definition) is 2. The first kappa shape index (κ1) is 18.9. The maximum absolute atomic E-state index is 11.9. The number of hydrogen-bond acceptors (Lipinski definition) is 5. The van der Waals surface area contributed by atoms with Crippen molar-refractivity contribution in [1.29, 1.82) is 0 Å². The van der Waals surface area contributed by atoms with Crippen molar-refractivity contribution >= 4 is 23.4 Å². The predicted octanol–water partition coefficient (Wildman–Crippen LogP) is 2.33. The molecule has 0 aliphatic rings. The van der Waals surface area contributed by atoms with Gasteiger partial charge in [-0.05, 0) is 18.6 Å². The summed E-state index contributed by atoms with van der Waals surface area (Å²) in [4.78, 5) is 28.0. The lowest BCUT2D eigenvalue weighted by atomic mass is 10.2. The van der Waals surface area contributed by atoms with Crippen molar-refractivity contribution < 1.29 is 14.1 Å². The smallest absolute Gasteiger partial charge is 0.253 e. The van der Waals surface area contributed by atoms with Gasteiger partial charge in [0.25, 0.3) is 5.91 Å². The van der Waals surface area contributed by atoms with E-state index in [4.69, 9.17) is 16.1 Å². The number of carbonyl (C=O) groups excluding carboxylic acids is 2. The van der Waals surface area contributed by atoms with Crippen LogP contribution in [0.3, 0.4) is 0 Å². The Hall–Kier alpha value is -2.41. The highest BCUT2D eigenvalue weighted by molar-refractivity contribution is 6.33. The van der Waals surface area contributed by atoms with Gasteiger partial charge in [-0.15, -0.1) is 0 Å². The maximum Gasteiger partial charge on any atom is 0.253 e. The number of aryl methyl sites for hydroxylation is 1. The molecule has 0 aliphatic heterocycles. The van der Waals surface area contributed by atoms with Crippen LogP contribution in [-0.4, -0.2) is 35.0 Å². The van der Waals surface area contributed by atoms with E-state index in [-0.39, 0.29) is 24.3 Å². The lowest BCUT2D eigenvalue weighted by Gasteiger charge is -2.07. The second-order valence-corrected chi connectivity index (χ2v) is 6.22. The van der Waals surface area contributed by atoms with Gasteiger partial charge in [-0.1, -0.05) is 42.7 Å². The van der Waals surface area contributed by atoms with Crippen molar-refractivity contribution in [2.75, 3.05) is 13.1 Å². The Bertz CT molecular complexity index is 730. The minimum Gasteiger partial charge on any atom is -0.355 e. The molecule has 1 aromatic heterocycles. The summed E-state index contributed by atoms with van der Waals surface area (Å²) < 4.78 is 5.13. The van der Waals surface area contributed by atoms with Crippen LogP contribution in [0.1, 0.15) is 48.3 Å². The van der Waals surface area contributed by atoms with Gasteiger partial charge in [0.1, 0.15) is 0 Å². The van der Waals surface area contributed by atoms with E-state index in [0.717, 1.165) is 0 Å². The van der Waals surface area contributed by atoms with Gasteiger partial charge >= 0.3 is 0 Å². The topological polar surface area (TPSA) is 97.1 Å². The SMILES string of the molecule is CC(C)c1noc(CCCNC(=O)CNC(=O)c2ccccc2Cl)n1. The standard InChI is InChI=1S/C17H21ClN4O3/c1-11(2)16-21-15(25-22-16)8-5-9-19-14(23)10-20-17(24)12-6-3-4-7-13(12)18/h3-4,6-7,11H,5,8-10H2,1-2H3,(H,19,23)(H,20,24). The fraction of sp³-hybridized carbons (Fsp3) is 0.412. The Kier molecular flexibility index (Phi) is 6.94. The molecule has 0 fully saturated rings. The van der Waals surface area contributed by atoms with Gasteiger partial charge in [-0.3, -0.25) is 9.59 Å². The van der Waals surface area contributed by atoms with Crippen LogP contribution in [0.25, 0.3) is 0 Å². The average molecular weight is 365 g/mol. The Morgan fingerprint density at radius 3 is 2.68 bits per heavy atom. The van der Waals surface area contributed by atoms with Gasteiger partial charge in [0.2, 0.25) is 11.8 Å². The van der Waals surface area contributed by atoms with Gasteiger partial charge in [0, 0.05) is 18.9 Å². The normalized spacial score (nSPS) is 10.7. The van der Waals surface area contributed by atoms with E-state index in [0.29, 0.717) is 41.7 Å². The molecule has 25 heavy (non-hydrogen) atoms. The van der Waals surface area contributed by atoms with Crippen molar-refractivity contribution in [2.24, 2.45) is 0 Å². The highest BCUT2D eigenvalue weighted by Crippen LogP contribution is 2.14. The van der Waals surface area contributed by atoms with Crippen molar-refractivity contribution in [3.63, 3.8) is 0 Å². The molecule has 0 bridgehead atoms. The third-order valence-electron chi connectivity index (χ3n) is 3.42. The molecule has 2 amide bonds. The molecule has 1 aromatic carbocycles. The lowest BCUT2D eigenvalue weighted by molar-refractivity contribution is -0.120. The first-order valence-electron chi connectivity index (χ1n) is 8.09. The molecular weight excluding hydrogens is 344 g/mol. The molecule has 0 atom stereocenters. The molecular formula is C17H21ClN4O3. The molecule has 7 nitrogen and oxygen atoms in total. The summed E-state index contributed by atoms with van der Waals surface area (Å²) in [6, 6.07) is 6.67. The van der Waals surface area contributed by atoms with E-state index in [1.807, 2.05) is 13.8 Å². The average Bonchev–Trinajstić information content (AvgIpc) is 3.06. The number of carbonyl (C=O) groups is 2. The Labute approximate surface area is 151 Å². The van der Waals surface area contributed by atoms with E-state index >= 15 is 0 Å². The van der Waals surface area contributed by atoms with E-state index in [1.165, 1.54) is 0 Å². The summed E-state index contributed by atoms with van der Waals surface area (Å²) in [6.45, 7) is 4.33. The summed E-state index contributed by atoms with van der Waals surface area (Å²) in [5, 5.41) is 9.50. The van der Waals surface area contributed by atoms with Gasteiger partial charge < -0.3 is 15.2 Å². The number of nitrogens with one attached hydrogen (secondary N) is 2. The Morgan fingerprint density at radius 2 is 2.00 bits per heavy atom. The quantitative estimate of drug-likeness (QED) is 0.700. The van der Waals surface area contributed by atoms with Crippen LogP contribution < -0.4 is 10.6 Å². The van der Waals surface area contributed by atoms with Crippen molar-refractivity contribution in [3.8, 4) is 0 Å². The molecule has 0 spiro atoms. The molecule has 0 unspecified atom stereocenters. The summed E-state index contributed by atoms with van der Waals surface area (Å²) >= 11 is 5.93. The maximum atomic E-state index is 11.9. The summed E-state index contributed by atoms with van der Waals surface area (Å²) in [5.41, 5.74) is 0.342. The second kappa shape index (κ2) is 9.17. The van der Waals surface area contributed by atoms with Crippen LogP contribution in [0.4, 0.5) is 0 Å². The zero-order chi connectivity index (χ0) is 18.2. The molecule has 2 aromatic rings. The zero-order valence-electron chi connectivity index (χ0n) is 14.2. The van der Waals surface area contributed by atoms with Crippen LogP contribution >= 0.6 is 11.6 Å². The fourth-order valence-corrected chi connectivity index (χ4v) is 2.26. The summed E-state index contributed by atoms with van der Waals surface area (Å²) in [6.07, 6.45) is 1.26. The van der Waals surface area contributed by atoms with Gasteiger partial charge in [0.05, 0.1) is 17.1 Å². The largest absolute Gasteiger partial charge is 0.355 e. The van der Waals surface area contributed by atoms with Gasteiger partial charge in [-0.25, -0.2) is 0 Å². The summed E-state index contributed by atoms with van der Waals surface area (Å²) in [7, 11) is 0. The van der Waals surface area contributed by atoms with Crippen molar-refractivity contribution in [3.05, 3.63) is 46.6 Å². The number of benzene rings is 1. The first-order valence-corrected chi connectivity index (χ1v) is 8.47. The number of aromatic nitrogens is 2. The minimum absolute atomic E-state index is 0.109. The van der Waals surface area contributed by atoms with Crippen LogP contribution in [0.5, 0.6) is 0 Å². The van der Waals surface area contributed by atoms with Gasteiger partial charge in [-0.2, -0.15) is 4.98 Å². The molecule has 0 aliphatic carbocycles. The molecule has 134 valence electrons. The van der Waals surface area contributed by atoms with Crippen LogP contribution in [0.15, 0.2) is 28.8 Å². The van der Waals surface area contributed by atoms with Crippen molar-refractivity contribution in [1.82, 2.24) is 20.8 Å². The van der Waals surface area contributed by atoms with Crippen LogP contribution in [-0.2, 0) is 11.2 Å². The monoisotopic (exact) mass is 364 g/mol. The molecule has 2 rings (SSSR count).